The molecular weight excluding hydrogens is 288 g/mol. The Morgan fingerprint density at radius 3 is 2.76 bits per heavy atom. The number of aryl methyl sites for hydroxylation is 1. The van der Waals surface area contributed by atoms with Gasteiger partial charge in [-0.2, -0.15) is 5.10 Å². The fourth-order valence-electron chi connectivity index (χ4n) is 3.20. The van der Waals surface area contributed by atoms with Crippen molar-refractivity contribution in [1.29, 1.82) is 0 Å². The molecule has 0 aliphatic heterocycles. The lowest BCUT2D eigenvalue weighted by Crippen LogP contribution is -2.28. The van der Waals surface area contributed by atoms with Gasteiger partial charge in [0.25, 0.3) is 0 Å². The molecule has 0 spiro atoms. The van der Waals surface area contributed by atoms with E-state index >= 15 is 0 Å². The number of carbonyl (C=O) groups is 1. The Morgan fingerprint density at radius 2 is 2.19 bits per heavy atom. The van der Waals surface area contributed by atoms with E-state index in [9.17, 15) is 4.79 Å². The molecule has 2 atom stereocenters. The van der Waals surface area contributed by atoms with Crippen molar-refractivity contribution >= 4 is 24.1 Å². The fraction of sp³-hybridized carbons (Fsp3) is 0.733. The maximum Gasteiger partial charge on any atom is 0.225 e. The van der Waals surface area contributed by atoms with E-state index in [0.717, 1.165) is 25.8 Å². The number of nitrogens with two attached hydrogens (primary N) is 1. The Labute approximate surface area is 132 Å². The molecule has 6 heteroatoms. The van der Waals surface area contributed by atoms with E-state index in [4.69, 9.17) is 5.73 Å². The topological polar surface area (TPSA) is 72.9 Å². The highest BCUT2D eigenvalue weighted by Crippen LogP contribution is 2.40. The largest absolute Gasteiger partial charge is 0.327 e. The molecule has 5 nitrogen and oxygen atoms in total. The quantitative estimate of drug-likeness (QED) is 0.878. The monoisotopic (exact) mass is 312 g/mol. The molecule has 1 amide bonds. The second-order valence-corrected chi connectivity index (χ2v) is 6.15. The number of aromatic nitrogens is 2. The molecule has 1 aromatic rings. The van der Waals surface area contributed by atoms with E-state index in [1.807, 2.05) is 10.7 Å². The standard InChI is InChI=1S/C15H24N4O.ClH/c1-2-19-13(10-6-7-10)9-14(18-19)17-15(20)8-11-4-3-5-12(11)16;/h9-12H,2-8,16H2,1H3,(H,17,18,20);1H/t11-,12+;/m0./s1. The third-order valence-electron chi connectivity index (χ3n) is 4.54. The van der Waals surface area contributed by atoms with Gasteiger partial charge < -0.3 is 11.1 Å². The molecule has 118 valence electrons. The molecule has 3 rings (SSSR count). The molecule has 2 aliphatic carbocycles. The van der Waals surface area contributed by atoms with Crippen molar-refractivity contribution in [2.24, 2.45) is 11.7 Å². The predicted molar refractivity (Wildman–Crippen MR) is 85.7 cm³/mol. The van der Waals surface area contributed by atoms with E-state index in [0.29, 0.717) is 24.1 Å². The predicted octanol–water partition coefficient (Wildman–Crippen LogP) is 2.66. The molecule has 0 bridgehead atoms. The summed E-state index contributed by atoms with van der Waals surface area (Å²) in [6.45, 7) is 2.94. The van der Waals surface area contributed by atoms with Crippen LogP contribution in [0.1, 0.15) is 57.1 Å². The number of carbonyl (C=O) groups excluding carboxylic acids is 1. The van der Waals surface area contributed by atoms with Crippen molar-refractivity contribution in [2.75, 3.05) is 5.32 Å². The zero-order valence-corrected chi connectivity index (χ0v) is 13.4. The van der Waals surface area contributed by atoms with Crippen molar-refractivity contribution < 1.29 is 4.79 Å². The van der Waals surface area contributed by atoms with Crippen LogP contribution in [0.3, 0.4) is 0 Å². The Hall–Kier alpha value is -1.07. The highest BCUT2D eigenvalue weighted by Gasteiger charge is 2.29. The van der Waals surface area contributed by atoms with E-state index in [1.54, 1.807) is 0 Å². The zero-order valence-electron chi connectivity index (χ0n) is 12.5. The van der Waals surface area contributed by atoms with E-state index in [1.165, 1.54) is 18.5 Å². The van der Waals surface area contributed by atoms with Crippen LogP contribution in [0.15, 0.2) is 6.07 Å². The van der Waals surface area contributed by atoms with Crippen LogP contribution in [0.25, 0.3) is 0 Å². The summed E-state index contributed by atoms with van der Waals surface area (Å²) in [6, 6.07) is 2.23. The number of anilines is 1. The Balaban J connectivity index is 0.00000161. The van der Waals surface area contributed by atoms with Gasteiger partial charge >= 0.3 is 0 Å². The van der Waals surface area contributed by atoms with Gasteiger partial charge in [0.15, 0.2) is 5.82 Å². The first-order valence-corrected chi connectivity index (χ1v) is 7.80. The summed E-state index contributed by atoms with van der Waals surface area (Å²) in [5, 5.41) is 7.42. The molecule has 1 heterocycles. The van der Waals surface area contributed by atoms with Crippen LogP contribution >= 0.6 is 12.4 Å². The summed E-state index contributed by atoms with van der Waals surface area (Å²) in [5.41, 5.74) is 7.28. The highest BCUT2D eigenvalue weighted by molar-refractivity contribution is 5.90. The Bertz CT molecular complexity index is 498. The number of hydrogen-bond donors (Lipinski definition) is 2. The molecule has 0 unspecified atom stereocenters. The SMILES string of the molecule is CCn1nc(NC(=O)C[C@@H]2CCC[C@H]2N)cc1C1CC1.Cl. The minimum Gasteiger partial charge on any atom is -0.327 e. The zero-order chi connectivity index (χ0) is 14.1. The lowest BCUT2D eigenvalue weighted by molar-refractivity contribution is -0.117. The average molecular weight is 313 g/mol. The number of nitrogens with one attached hydrogen (secondary N) is 1. The van der Waals surface area contributed by atoms with Crippen molar-refractivity contribution in [3.05, 3.63) is 11.8 Å². The minimum absolute atomic E-state index is 0. The summed E-state index contributed by atoms with van der Waals surface area (Å²) in [4.78, 5) is 12.1. The van der Waals surface area contributed by atoms with Gasteiger partial charge in [0.2, 0.25) is 5.91 Å². The molecule has 2 aliphatic rings. The Morgan fingerprint density at radius 1 is 1.43 bits per heavy atom. The number of nitrogens with zero attached hydrogens (tertiary/aromatic N) is 2. The third-order valence-corrected chi connectivity index (χ3v) is 4.54. The highest BCUT2D eigenvalue weighted by atomic mass is 35.5. The molecule has 0 saturated heterocycles. The molecule has 1 aromatic heterocycles. The second kappa shape index (κ2) is 6.79. The molecule has 3 N–H and O–H groups in total. The van der Waals surface area contributed by atoms with Gasteiger partial charge in [0.1, 0.15) is 0 Å². The summed E-state index contributed by atoms with van der Waals surface area (Å²) in [6.07, 6.45) is 6.29. The van der Waals surface area contributed by atoms with Crippen molar-refractivity contribution in [3.8, 4) is 0 Å². The van der Waals surface area contributed by atoms with Gasteiger partial charge in [-0.15, -0.1) is 12.4 Å². The van der Waals surface area contributed by atoms with Gasteiger partial charge in [0, 0.05) is 36.7 Å². The second-order valence-electron chi connectivity index (χ2n) is 6.15. The van der Waals surface area contributed by atoms with Gasteiger partial charge in [0.05, 0.1) is 0 Å². The summed E-state index contributed by atoms with van der Waals surface area (Å²) in [5.74, 6) is 1.74. The van der Waals surface area contributed by atoms with Crippen LogP contribution in [0.2, 0.25) is 0 Å². The summed E-state index contributed by atoms with van der Waals surface area (Å²) >= 11 is 0. The van der Waals surface area contributed by atoms with E-state index in [-0.39, 0.29) is 24.4 Å². The maximum atomic E-state index is 12.1. The number of hydrogen-bond acceptors (Lipinski definition) is 3. The summed E-state index contributed by atoms with van der Waals surface area (Å²) < 4.78 is 2.01. The van der Waals surface area contributed by atoms with Crippen LogP contribution in [0.5, 0.6) is 0 Å². The Kier molecular flexibility index (Phi) is 5.27. The van der Waals surface area contributed by atoms with Crippen LogP contribution in [0.4, 0.5) is 5.82 Å². The van der Waals surface area contributed by atoms with Gasteiger partial charge in [-0.3, -0.25) is 9.48 Å². The summed E-state index contributed by atoms with van der Waals surface area (Å²) in [7, 11) is 0. The minimum atomic E-state index is 0. The molecule has 21 heavy (non-hydrogen) atoms. The van der Waals surface area contributed by atoms with Crippen molar-refractivity contribution in [1.82, 2.24) is 9.78 Å². The van der Waals surface area contributed by atoms with Crippen LogP contribution in [-0.4, -0.2) is 21.7 Å². The van der Waals surface area contributed by atoms with Crippen molar-refractivity contribution in [2.45, 2.75) is 64.0 Å². The van der Waals surface area contributed by atoms with E-state index in [2.05, 4.69) is 17.3 Å². The first kappa shape index (κ1) is 16.3. The fourth-order valence-corrected chi connectivity index (χ4v) is 3.20. The van der Waals surface area contributed by atoms with E-state index < -0.39 is 0 Å². The normalized spacial score (nSPS) is 24.7. The van der Waals surface area contributed by atoms with Crippen LogP contribution in [-0.2, 0) is 11.3 Å². The molecule has 2 saturated carbocycles. The van der Waals surface area contributed by atoms with Crippen LogP contribution < -0.4 is 11.1 Å². The molecule has 0 aromatic carbocycles. The molecular formula is C15H25ClN4O. The lowest BCUT2D eigenvalue weighted by atomic mass is 10.00. The third kappa shape index (κ3) is 3.77. The molecule has 2 fully saturated rings. The number of rotatable bonds is 5. The lowest BCUT2D eigenvalue weighted by Gasteiger charge is -2.13. The maximum absolute atomic E-state index is 12.1. The van der Waals surface area contributed by atoms with Gasteiger partial charge in [-0.25, -0.2) is 0 Å². The van der Waals surface area contributed by atoms with Gasteiger partial charge in [-0.1, -0.05) is 6.42 Å². The first-order chi connectivity index (χ1) is 9.67. The number of halogens is 1. The molecule has 0 radical (unpaired) electrons. The van der Waals surface area contributed by atoms with Gasteiger partial charge in [-0.05, 0) is 38.5 Å². The first-order valence-electron chi connectivity index (χ1n) is 7.80. The van der Waals surface area contributed by atoms with Crippen LogP contribution in [0, 0.1) is 5.92 Å². The van der Waals surface area contributed by atoms with Crippen molar-refractivity contribution in [3.63, 3.8) is 0 Å². The smallest absolute Gasteiger partial charge is 0.225 e. The number of amides is 1. The average Bonchev–Trinajstić information content (AvgIpc) is 3.08.